The first kappa shape index (κ1) is 14.4. The van der Waals surface area contributed by atoms with Gasteiger partial charge >= 0.3 is 5.97 Å². The third kappa shape index (κ3) is 3.11. The highest BCUT2D eigenvalue weighted by Gasteiger charge is 2.29. The van der Waals surface area contributed by atoms with Crippen LogP contribution in [0.4, 0.5) is 5.69 Å². The van der Waals surface area contributed by atoms with Crippen molar-refractivity contribution in [1.82, 2.24) is 0 Å². The number of non-ortho nitro benzene ring substituents is 1. The average molecular weight is 285 g/mol. The van der Waals surface area contributed by atoms with Crippen LogP contribution in [-0.4, -0.2) is 21.8 Å². The molecule has 0 bridgehead atoms. The molecule has 0 aliphatic carbocycles. The van der Waals surface area contributed by atoms with E-state index in [0.717, 1.165) is 0 Å². The predicted octanol–water partition coefficient (Wildman–Crippen LogP) is 2.65. The van der Waals surface area contributed by atoms with Gasteiger partial charge in [0.15, 0.2) is 5.78 Å². The van der Waals surface area contributed by atoms with Gasteiger partial charge in [-0.3, -0.25) is 19.7 Å². The van der Waals surface area contributed by atoms with Crippen LogP contribution < -0.4 is 0 Å². The van der Waals surface area contributed by atoms with Gasteiger partial charge in [-0.25, -0.2) is 0 Å². The monoisotopic (exact) mass is 285 g/mol. The molecule has 0 saturated heterocycles. The summed E-state index contributed by atoms with van der Waals surface area (Å²) in [6.07, 6.45) is 0. The number of ketones is 1. The highest BCUT2D eigenvalue weighted by atomic mass is 16.6. The Kier molecular flexibility index (Phi) is 4.08. The minimum Gasteiger partial charge on any atom is -0.480 e. The molecule has 0 amide bonds. The number of nitrogens with zero attached hydrogens (tertiary/aromatic N) is 1. The molecule has 1 N–H and O–H groups in total. The molecule has 21 heavy (non-hydrogen) atoms. The van der Waals surface area contributed by atoms with Crippen LogP contribution in [0, 0.1) is 10.1 Å². The lowest BCUT2D eigenvalue weighted by atomic mass is 9.91. The second-order valence-corrected chi connectivity index (χ2v) is 4.35. The number of carbonyl (C=O) groups is 2. The second-order valence-electron chi connectivity index (χ2n) is 4.35. The maximum Gasteiger partial charge on any atom is 0.318 e. The van der Waals surface area contributed by atoms with Crippen molar-refractivity contribution in [1.29, 1.82) is 0 Å². The lowest BCUT2D eigenvalue weighted by molar-refractivity contribution is -0.384. The van der Waals surface area contributed by atoms with Crippen LogP contribution in [0.15, 0.2) is 54.6 Å². The number of aliphatic carboxylic acids is 1. The van der Waals surface area contributed by atoms with E-state index in [4.69, 9.17) is 0 Å². The van der Waals surface area contributed by atoms with Gasteiger partial charge in [0.1, 0.15) is 5.92 Å². The summed E-state index contributed by atoms with van der Waals surface area (Å²) in [4.78, 5) is 33.7. The van der Waals surface area contributed by atoms with Gasteiger partial charge in [0.2, 0.25) is 0 Å². The van der Waals surface area contributed by atoms with Crippen molar-refractivity contribution in [3.05, 3.63) is 75.8 Å². The maximum absolute atomic E-state index is 12.3. The van der Waals surface area contributed by atoms with Crippen molar-refractivity contribution in [2.24, 2.45) is 0 Å². The van der Waals surface area contributed by atoms with Crippen molar-refractivity contribution < 1.29 is 19.6 Å². The Hall–Kier alpha value is -3.02. The van der Waals surface area contributed by atoms with E-state index in [2.05, 4.69) is 0 Å². The van der Waals surface area contributed by atoms with E-state index in [1.54, 1.807) is 30.3 Å². The zero-order valence-corrected chi connectivity index (χ0v) is 10.8. The van der Waals surface area contributed by atoms with E-state index in [-0.39, 0.29) is 11.3 Å². The molecular weight excluding hydrogens is 274 g/mol. The molecule has 0 saturated carbocycles. The fourth-order valence-corrected chi connectivity index (χ4v) is 1.97. The molecule has 6 heteroatoms. The summed E-state index contributed by atoms with van der Waals surface area (Å²) in [7, 11) is 0. The number of carbonyl (C=O) groups excluding carboxylic acids is 1. The number of Topliss-reactive ketones (excluding diaryl/α,β-unsaturated/α-hetero) is 1. The molecule has 0 heterocycles. The molecular formula is C15H11NO5. The topological polar surface area (TPSA) is 97.5 Å². The number of nitro groups is 1. The number of carboxylic acid groups (broad SMARTS) is 1. The van der Waals surface area contributed by atoms with Crippen molar-refractivity contribution in [2.45, 2.75) is 5.92 Å². The minimum atomic E-state index is -1.33. The van der Waals surface area contributed by atoms with E-state index in [0.29, 0.717) is 5.56 Å². The molecule has 6 nitrogen and oxygen atoms in total. The third-order valence-electron chi connectivity index (χ3n) is 3.00. The summed E-state index contributed by atoms with van der Waals surface area (Å²) in [6.45, 7) is 0. The Balaban J connectivity index is 2.35. The van der Waals surface area contributed by atoms with E-state index in [1.165, 1.54) is 24.3 Å². The SMILES string of the molecule is O=C(O)C(C(=O)c1ccc([N+](=O)[O-])cc1)c1ccccc1. The quantitative estimate of drug-likeness (QED) is 0.394. The van der Waals surface area contributed by atoms with E-state index >= 15 is 0 Å². The molecule has 0 fully saturated rings. The minimum absolute atomic E-state index is 0.122. The van der Waals surface area contributed by atoms with Gasteiger partial charge in [-0.2, -0.15) is 0 Å². The predicted molar refractivity (Wildman–Crippen MR) is 74.2 cm³/mol. The molecule has 0 aromatic heterocycles. The number of hydrogen-bond donors (Lipinski definition) is 1. The molecule has 2 aromatic rings. The zero-order valence-electron chi connectivity index (χ0n) is 10.8. The Morgan fingerprint density at radius 1 is 1.00 bits per heavy atom. The average Bonchev–Trinajstić information content (AvgIpc) is 2.48. The van der Waals surface area contributed by atoms with Gasteiger partial charge in [-0.05, 0) is 17.7 Å². The van der Waals surface area contributed by atoms with Gasteiger partial charge in [-0.15, -0.1) is 0 Å². The molecule has 0 aliphatic heterocycles. The largest absolute Gasteiger partial charge is 0.480 e. The molecule has 2 aromatic carbocycles. The summed E-state index contributed by atoms with van der Waals surface area (Å²) >= 11 is 0. The van der Waals surface area contributed by atoms with Crippen molar-refractivity contribution in [3.8, 4) is 0 Å². The Labute approximate surface area is 119 Å². The van der Waals surface area contributed by atoms with Crippen LogP contribution in [0.3, 0.4) is 0 Å². The normalized spacial score (nSPS) is 11.6. The van der Waals surface area contributed by atoms with Crippen LogP contribution in [0.5, 0.6) is 0 Å². The fraction of sp³-hybridized carbons (Fsp3) is 0.0667. The van der Waals surface area contributed by atoms with Crippen molar-refractivity contribution >= 4 is 17.4 Å². The van der Waals surface area contributed by atoms with E-state index in [1.807, 2.05) is 0 Å². The fourth-order valence-electron chi connectivity index (χ4n) is 1.97. The summed E-state index contributed by atoms with van der Waals surface area (Å²) in [5, 5.41) is 19.8. The first-order valence-electron chi connectivity index (χ1n) is 6.07. The highest BCUT2D eigenvalue weighted by Crippen LogP contribution is 2.22. The molecule has 0 aliphatic rings. The van der Waals surface area contributed by atoms with Crippen LogP contribution >= 0.6 is 0 Å². The molecule has 1 unspecified atom stereocenters. The summed E-state index contributed by atoms with van der Waals surface area (Å²) in [5.74, 6) is -3.19. The number of carboxylic acids is 1. The number of hydrogen-bond acceptors (Lipinski definition) is 4. The Bertz CT molecular complexity index is 679. The van der Waals surface area contributed by atoms with Crippen LogP contribution in [0.25, 0.3) is 0 Å². The van der Waals surface area contributed by atoms with Gasteiger partial charge in [0.05, 0.1) is 4.92 Å². The highest BCUT2D eigenvalue weighted by molar-refractivity contribution is 6.12. The number of benzene rings is 2. The van der Waals surface area contributed by atoms with Crippen LogP contribution in [0.2, 0.25) is 0 Å². The zero-order chi connectivity index (χ0) is 15.4. The molecule has 2 rings (SSSR count). The van der Waals surface area contributed by atoms with Crippen LogP contribution in [0.1, 0.15) is 21.8 Å². The van der Waals surface area contributed by atoms with Gasteiger partial charge in [0, 0.05) is 17.7 Å². The number of rotatable bonds is 5. The van der Waals surface area contributed by atoms with Gasteiger partial charge < -0.3 is 5.11 Å². The Morgan fingerprint density at radius 3 is 2.05 bits per heavy atom. The molecule has 0 spiro atoms. The molecule has 106 valence electrons. The summed E-state index contributed by atoms with van der Waals surface area (Å²) in [5.41, 5.74) is 0.336. The van der Waals surface area contributed by atoms with Crippen molar-refractivity contribution in [3.63, 3.8) is 0 Å². The van der Waals surface area contributed by atoms with Crippen LogP contribution in [-0.2, 0) is 4.79 Å². The standard InChI is InChI=1S/C15H11NO5/c17-14(11-6-8-12(9-7-11)16(20)21)13(15(18)19)10-4-2-1-3-5-10/h1-9,13H,(H,18,19). The lowest BCUT2D eigenvalue weighted by Gasteiger charge is -2.11. The molecule has 0 radical (unpaired) electrons. The smallest absolute Gasteiger partial charge is 0.318 e. The van der Waals surface area contributed by atoms with Gasteiger partial charge in [-0.1, -0.05) is 30.3 Å². The van der Waals surface area contributed by atoms with E-state index in [9.17, 15) is 24.8 Å². The molecule has 1 atom stereocenters. The second kappa shape index (κ2) is 5.96. The number of nitro benzene ring substituents is 1. The first-order chi connectivity index (χ1) is 10.0. The Morgan fingerprint density at radius 2 is 1.57 bits per heavy atom. The summed E-state index contributed by atoms with van der Waals surface area (Å²) in [6, 6.07) is 13.0. The van der Waals surface area contributed by atoms with E-state index < -0.39 is 22.6 Å². The first-order valence-corrected chi connectivity index (χ1v) is 6.07. The lowest BCUT2D eigenvalue weighted by Crippen LogP contribution is -2.21. The van der Waals surface area contributed by atoms with Gasteiger partial charge in [0.25, 0.3) is 5.69 Å². The van der Waals surface area contributed by atoms with Crippen molar-refractivity contribution in [2.75, 3.05) is 0 Å². The third-order valence-corrected chi connectivity index (χ3v) is 3.00. The summed E-state index contributed by atoms with van der Waals surface area (Å²) < 4.78 is 0. The maximum atomic E-state index is 12.3.